The van der Waals surface area contributed by atoms with Gasteiger partial charge in [0.2, 0.25) is 0 Å². The van der Waals surface area contributed by atoms with Gasteiger partial charge in [0.05, 0.1) is 0 Å². The Morgan fingerprint density at radius 2 is 2.32 bits per heavy atom. The monoisotopic (exact) mass is 342 g/mol. The van der Waals surface area contributed by atoms with Crippen LogP contribution in [0.5, 0.6) is 0 Å². The molecule has 6 nitrogen and oxygen atoms in total. The van der Waals surface area contributed by atoms with Crippen LogP contribution < -0.4 is 10.8 Å². The molecule has 1 aliphatic carbocycles. The molecular formula is C19H26N4O2. The number of aromatic nitrogens is 1. The molecule has 1 aromatic rings. The highest BCUT2D eigenvalue weighted by molar-refractivity contribution is 5.90. The van der Waals surface area contributed by atoms with Crippen LogP contribution in [0, 0.1) is 0 Å². The molecule has 1 aliphatic heterocycles. The maximum Gasteiger partial charge on any atom is 0.267 e. The van der Waals surface area contributed by atoms with Gasteiger partial charge >= 0.3 is 0 Å². The maximum absolute atomic E-state index is 11.0. The molecule has 1 aromatic heterocycles. The molecular weight excluding hydrogens is 316 g/mol. The van der Waals surface area contributed by atoms with Crippen LogP contribution in [0.4, 0.5) is 5.82 Å². The Hall–Kier alpha value is -2.18. The molecule has 0 saturated carbocycles. The molecule has 0 aromatic carbocycles. The third-order valence-electron chi connectivity index (χ3n) is 4.76. The lowest BCUT2D eigenvalue weighted by molar-refractivity contribution is -0.124. The van der Waals surface area contributed by atoms with Gasteiger partial charge in [0, 0.05) is 37.9 Å². The molecule has 25 heavy (non-hydrogen) atoms. The van der Waals surface area contributed by atoms with Gasteiger partial charge in [-0.15, -0.1) is 0 Å². The molecule has 0 spiro atoms. The molecule has 1 atom stereocenters. The van der Waals surface area contributed by atoms with Crippen LogP contribution >= 0.6 is 0 Å². The first-order valence-corrected chi connectivity index (χ1v) is 8.98. The number of amides is 1. The molecule has 2 aliphatic rings. The number of anilines is 1. The standard InChI is InChI=1S/C19H26N4O2/c24-19(22-25)9-7-15-6-8-18(20-12-15)21-17-10-11-23(14-17)13-16-4-2-1-3-5-16/h4,6-9,12,17,25H,1-3,5,10-11,13-14H2,(H,20,21)(H,22,24)/t17-/m1/s1. The zero-order valence-electron chi connectivity index (χ0n) is 14.4. The Bertz CT molecular complexity index is 639. The summed E-state index contributed by atoms with van der Waals surface area (Å²) in [6, 6.07) is 4.25. The number of nitrogens with zero attached hydrogens (tertiary/aromatic N) is 2. The van der Waals surface area contributed by atoms with Gasteiger partial charge in [-0.05, 0) is 55.9 Å². The maximum atomic E-state index is 11.0. The van der Waals surface area contributed by atoms with Crippen LogP contribution in [-0.4, -0.2) is 46.7 Å². The molecule has 6 heteroatoms. The Kier molecular flexibility index (Phi) is 6.19. The van der Waals surface area contributed by atoms with Crippen LogP contribution in [0.2, 0.25) is 0 Å². The topological polar surface area (TPSA) is 77.5 Å². The second kappa shape index (κ2) is 8.78. The summed E-state index contributed by atoms with van der Waals surface area (Å²) in [4.78, 5) is 17.9. The van der Waals surface area contributed by atoms with Crippen molar-refractivity contribution in [2.75, 3.05) is 25.0 Å². The van der Waals surface area contributed by atoms with Crippen LogP contribution in [0.25, 0.3) is 6.08 Å². The summed E-state index contributed by atoms with van der Waals surface area (Å²) < 4.78 is 0. The molecule has 3 rings (SSSR count). The van der Waals surface area contributed by atoms with E-state index in [9.17, 15) is 4.79 Å². The van der Waals surface area contributed by atoms with Crippen molar-refractivity contribution in [3.05, 3.63) is 41.6 Å². The van der Waals surface area contributed by atoms with E-state index in [1.54, 1.807) is 23.3 Å². The Balaban J connectivity index is 1.47. The van der Waals surface area contributed by atoms with Crippen LogP contribution in [0.3, 0.4) is 0 Å². The lowest BCUT2D eigenvalue weighted by atomic mass is 9.99. The zero-order valence-corrected chi connectivity index (χ0v) is 14.4. The van der Waals surface area contributed by atoms with Crippen molar-refractivity contribution in [3.8, 4) is 0 Å². The van der Waals surface area contributed by atoms with Crippen molar-refractivity contribution in [1.29, 1.82) is 0 Å². The summed E-state index contributed by atoms with van der Waals surface area (Å²) in [6.45, 7) is 3.30. The summed E-state index contributed by atoms with van der Waals surface area (Å²) in [7, 11) is 0. The van der Waals surface area contributed by atoms with Gasteiger partial charge < -0.3 is 5.32 Å². The summed E-state index contributed by atoms with van der Waals surface area (Å²) in [5.74, 6) is 0.300. The number of hydrogen-bond donors (Lipinski definition) is 3. The first-order chi connectivity index (χ1) is 12.2. The first-order valence-electron chi connectivity index (χ1n) is 8.98. The van der Waals surface area contributed by atoms with E-state index in [1.165, 1.54) is 31.8 Å². The highest BCUT2D eigenvalue weighted by Gasteiger charge is 2.23. The average molecular weight is 342 g/mol. The van der Waals surface area contributed by atoms with Crippen molar-refractivity contribution in [2.45, 2.75) is 38.1 Å². The number of pyridine rings is 1. The van der Waals surface area contributed by atoms with Crippen molar-refractivity contribution in [1.82, 2.24) is 15.4 Å². The SMILES string of the molecule is O=C(C=Cc1ccc(N[C@@H]2CCN(CC3=CCCCC3)C2)nc1)NO. The van der Waals surface area contributed by atoms with Gasteiger partial charge in [-0.2, -0.15) is 0 Å². The van der Waals surface area contributed by atoms with Crippen LogP contribution in [0.15, 0.2) is 36.1 Å². The summed E-state index contributed by atoms with van der Waals surface area (Å²) in [5.41, 5.74) is 3.98. The predicted octanol–water partition coefficient (Wildman–Crippen LogP) is 2.59. The van der Waals surface area contributed by atoms with Gasteiger partial charge in [-0.1, -0.05) is 11.6 Å². The molecule has 0 bridgehead atoms. The predicted molar refractivity (Wildman–Crippen MR) is 98.2 cm³/mol. The van der Waals surface area contributed by atoms with E-state index in [1.807, 2.05) is 12.1 Å². The summed E-state index contributed by atoms with van der Waals surface area (Å²) >= 11 is 0. The fraction of sp³-hybridized carbons (Fsp3) is 0.474. The molecule has 1 fully saturated rings. The number of allylic oxidation sites excluding steroid dienone is 1. The minimum atomic E-state index is -0.554. The number of rotatable bonds is 6. The highest BCUT2D eigenvalue weighted by atomic mass is 16.5. The highest BCUT2D eigenvalue weighted by Crippen LogP contribution is 2.21. The lowest BCUT2D eigenvalue weighted by Crippen LogP contribution is -2.28. The van der Waals surface area contributed by atoms with Gasteiger partial charge in [0.1, 0.15) is 5.82 Å². The van der Waals surface area contributed by atoms with E-state index >= 15 is 0 Å². The number of carbonyl (C=O) groups excluding carboxylic acids is 1. The van der Waals surface area contributed by atoms with Gasteiger partial charge in [0.15, 0.2) is 0 Å². The summed E-state index contributed by atoms with van der Waals surface area (Å²) in [6.07, 6.45) is 13.3. The number of hydrogen-bond acceptors (Lipinski definition) is 5. The van der Waals surface area contributed by atoms with Crippen LogP contribution in [-0.2, 0) is 4.79 Å². The smallest absolute Gasteiger partial charge is 0.267 e. The normalized spacial score (nSPS) is 21.3. The molecule has 1 saturated heterocycles. The minimum absolute atomic E-state index is 0.429. The fourth-order valence-corrected chi connectivity index (χ4v) is 3.44. The van der Waals surface area contributed by atoms with Gasteiger partial charge in [0.25, 0.3) is 5.91 Å². The molecule has 0 radical (unpaired) electrons. The largest absolute Gasteiger partial charge is 0.366 e. The second-order valence-electron chi connectivity index (χ2n) is 6.76. The minimum Gasteiger partial charge on any atom is -0.366 e. The number of hydroxylamine groups is 1. The van der Waals surface area contributed by atoms with E-state index in [4.69, 9.17) is 5.21 Å². The molecule has 1 amide bonds. The van der Waals surface area contributed by atoms with Crippen molar-refractivity contribution >= 4 is 17.8 Å². The number of carbonyl (C=O) groups is 1. The Morgan fingerprint density at radius 3 is 3.04 bits per heavy atom. The average Bonchev–Trinajstić information content (AvgIpc) is 3.08. The van der Waals surface area contributed by atoms with E-state index in [2.05, 4.69) is 21.3 Å². The quantitative estimate of drug-likeness (QED) is 0.321. The number of nitrogens with one attached hydrogen (secondary N) is 2. The second-order valence-corrected chi connectivity index (χ2v) is 6.76. The fourth-order valence-electron chi connectivity index (χ4n) is 3.44. The zero-order chi connectivity index (χ0) is 17.5. The number of likely N-dealkylation sites (tertiary alicyclic amines) is 1. The Morgan fingerprint density at radius 1 is 1.40 bits per heavy atom. The van der Waals surface area contributed by atoms with Gasteiger partial charge in [-0.25, -0.2) is 10.5 Å². The third kappa shape index (κ3) is 5.41. The molecule has 3 N–H and O–H groups in total. The van der Waals surface area contributed by atoms with E-state index in [0.717, 1.165) is 37.4 Å². The molecule has 0 unspecified atom stereocenters. The van der Waals surface area contributed by atoms with E-state index < -0.39 is 5.91 Å². The third-order valence-corrected chi connectivity index (χ3v) is 4.76. The summed E-state index contributed by atoms with van der Waals surface area (Å²) in [5, 5.41) is 12.0. The van der Waals surface area contributed by atoms with Crippen LogP contribution in [0.1, 0.15) is 37.7 Å². The molecule has 134 valence electrons. The Labute approximate surface area is 148 Å². The molecule has 2 heterocycles. The van der Waals surface area contributed by atoms with E-state index in [-0.39, 0.29) is 0 Å². The first kappa shape index (κ1) is 17.6. The van der Waals surface area contributed by atoms with Crippen molar-refractivity contribution in [2.24, 2.45) is 0 Å². The van der Waals surface area contributed by atoms with Crippen molar-refractivity contribution in [3.63, 3.8) is 0 Å². The van der Waals surface area contributed by atoms with E-state index in [0.29, 0.717) is 6.04 Å². The van der Waals surface area contributed by atoms with Crippen molar-refractivity contribution < 1.29 is 10.0 Å². The van der Waals surface area contributed by atoms with Gasteiger partial charge in [-0.3, -0.25) is 14.9 Å². The lowest BCUT2D eigenvalue weighted by Gasteiger charge is -2.21.